The summed E-state index contributed by atoms with van der Waals surface area (Å²) < 4.78 is 5.18. The Hall–Kier alpha value is -2.28. The van der Waals surface area contributed by atoms with Gasteiger partial charge in [-0.2, -0.15) is 4.98 Å². The van der Waals surface area contributed by atoms with Gasteiger partial charge in [-0.05, 0) is 25.0 Å². The highest BCUT2D eigenvalue weighted by molar-refractivity contribution is 5.76. The summed E-state index contributed by atoms with van der Waals surface area (Å²) in [6.07, 6.45) is 9.83. The van der Waals surface area contributed by atoms with Crippen LogP contribution in [0.5, 0.6) is 0 Å². The van der Waals surface area contributed by atoms with Gasteiger partial charge in [-0.15, -0.1) is 0 Å². The third-order valence-electron chi connectivity index (χ3n) is 4.60. The first-order chi connectivity index (χ1) is 12.1. The van der Waals surface area contributed by atoms with Gasteiger partial charge in [0, 0.05) is 37.3 Å². The lowest BCUT2D eigenvalue weighted by molar-refractivity contribution is -0.122. The van der Waals surface area contributed by atoms with Crippen molar-refractivity contribution in [3.63, 3.8) is 0 Å². The van der Waals surface area contributed by atoms with Gasteiger partial charge in [0.2, 0.25) is 17.6 Å². The number of aryl methyl sites for hydroxylation is 1. The molecule has 0 spiro atoms. The highest BCUT2D eigenvalue weighted by Crippen LogP contribution is 2.26. The molecule has 2 N–H and O–H groups in total. The standard InChI is InChI=1S/C18H24N4O3/c23-15(20-13-18(24)9-3-1-2-4-10-18)7-8-16-21-17(22-25-16)14-6-5-11-19-12-14/h5-6,11-12,24H,1-4,7-10,13H2,(H,20,23). The van der Waals surface area contributed by atoms with E-state index in [0.717, 1.165) is 44.1 Å². The molecule has 25 heavy (non-hydrogen) atoms. The van der Waals surface area contributed by atoms with Gasteiger partial charge in [-0.3, -0.25) is 9.78 Å². The van der Waals surface area contributed by atoms with Crippen LogP contribution in [0.4, 0.5) is 0 Å². The van der Waals surface area contributed by atoms with Gasteiger partial charge >= 0.3 is 0 Å². The summed E-state index contributed by atoms with van der Waals surface area (Å²) >= 11 is 0. The largest absolute Gasteiger partial charge is 0.388 e. The summed E-state index contributed by atoms with van der Waals surface area (Å²) in [4.78, 5) is 20.3. The van der Waals surface area contributed by atoms with E-state index in [-0.39, 0.29) is 12.3 Å². The van der Waals surface area contributed by atoms with Crippen molar-refractivity contribution in [2.45, 2.75) is 57.0 Å². The van der Waals surface area contributed by atoms with E-state index in [1.807, 2.05) is 6.07 Å². The minimum atomic E-state index is -0.760. The number of hydrogen-bond donors (Lipinski definition) is 2. The molecular formula is C18H24N4O3. The fourth-order valence-electron chi connectivity index (χ4n) is 3.10. The second-order valence-corrected chi connectivity index (χ2v) is 6.67. The number of hydrogen-bond acceptors (Lipinski definition) is 6. The van der Waals surface area contributed by atoms with Crippen molar-refractivity contribution < 1.29 is 14.4 Å². The molecule has 0 atom stereocenters. The average Bonchev–Trinajstić information content (AvgIpc) is 3.01. The van der Waals surface area contributed by atoms with Crippen molar-refractivity contribution in [3.8, 4) is 11.4 Å². The molecular weight excluding hydrogens is 320 g/mol. The SMILES string of the molecule is O=C(CCc1nc(-c2cccnc2)no1)NCC1(O)CCCCCC1. The maximum atomic E-state index is 12.0. The molecule has 1 saturated carbocycles. The zero-order valence-corrected chi connectivity index (χ0v) is 14.3. The molecule has 0 bridgehead atoms. The van der Waals surface area contributed by atoms with Crippen molar-refractivity contribution in [1.82, 2.24) is 20.4 Å². The van der Waals surface area contributed by atoms with E-state index >= 15 is 0 Å². The first kappa shape index (κ1) is 17.5. The predicted molar refractivity (Wildman–Crippen MR) is 91.5 cm³/mol. The molecule has 2 aromatic rings. The first-order valence-corrected chi connectivity index (χ1v) is 8.87. The fraction of sp³-hybridized carbons (Fsp3) is 0.556. The minimum Gasteiger partial charge on any atom is -0.388 e. The molecule has 0 unspecified atom stereocenters. The smallest absolute Gasteiger partial charge is 0.227 e. The highest BCUT2D eigenvalue weighted by Gasteiger charge is 2.28. The van der Waals surface area contributed by atoms with Crippen molar-refractivity contribution in [2.75, 3.05) is 6.54 Å². The summed E-state index contributed by atoms with van der Waals surface area (Å²) in [5.41, 5.74) is 0.0157. The number of nitrogens with one attached hydrogen (secondary N) is 1. The van der Waals surface area contributed by atoms with Crippen LogP contribution in [0.2, 0.25) is 0 Å². The number of amides is 1. The van der Waals surface area contributed by atoms with E-state index in [4.69, 9.17) is 4.52 Å². The second-order valence-electron chi connectivity index (χ2n) is 6.67. The van der Waals surface area contributed by atoms with Crippen molar-refractivity contribution in [1.29, 1.82) is 0 Å². The number of carbonyl (C=O) groups excluding carboxylic acids is 1. The molecule has 1 aliphatic rings. The molecule has 2 aromatic heterocycles. The van der Waals surface area contributed by atoms with E-state index in [1.54, 1.807) is 18.5 Å². The Morgan fingerprint density at radius 3 is 2.80 bits per heavy atom. The fourth-order valence-corrected chi connectivity index (χ4v) is 3.10. The van der Waals surface area contributed by atoms with Gasteiger partial charge < -0.3 is 14.9 Å². The molecule has 7 nitrogen and oxygen atoms in total. The van der Waals surface area contributed by atoms with Crippen LogP contribution in [-0.4, -0.2) is 38.3 Å². The van der Waals surface area contributed by atoms with Crippen molar-refractivity contribution in [2.24, 2.45) is 0 Å². The Morgan fingerprint density at radius 2 is 2.08 bits per heavy atom. The predicted octanol–water partition coefficient (Wildman–Crippen LogP) is 2.27. The minimum absolute atomic E-state index is 0.112. The van der Waals surface area contributed by atoms with E-state index in [1.165, 1.54) is 0 Å². The van der Waals surface area contributed by atoms with Gasteiger partial charge in [0.1, 0.15) is 0 Å². The molecule has 3 rings (SSSR count). The second kappa shape index (κ2) is 8.20. The Kier molecular flexibility index (Phi) is 5.75. The lowest BCUT2D eigenvalue weighted by Crippen LogP contribution is -2.42. The number of carbonyl (C=O) groups is 1. The molecule has 134 valence electrons. The van der Waals surface area contributed by atoms with E-state index < -0.39 is 5.60 Å². The Labute approximate surface area is 146 Å². The van der Waals surface area contributed by atoms with Gasteiger partial charge in [-0.1, -0.05) is 30.8 Å². The van der Waals surface area contributed by atoms with Crippen LogP contribution < -0.4 is 5.32 Å². The van der Waals surface area contributed by atoms with E-state index in [0.29, 0.717) is 24.7 Å². The zero-order chi connectivity index (χ0) is 17.5. The number of aliphatic hydroxyl groups is 1. The van der Waals surface area contributed by atoms with Gasteiger partial charge in [0.25, 0.3) is 0 Å². The van der Waals surface area contributed by atoms with Gasteiger partial charge in [0.05, 0.1) is 5.60 Å². The average molecular weight is 344 g/mol. The summed E-state index contributed by atoms with van der Waals surface area (Å²) in [6, 6.07) is 3.65. The van der Waals surface area contributed by atoms with Crippen molar-refractivity contribution >= 4 is 5.91 Å². The summed E-state index contributed by atoms with van der Waals surface area (Å²) in [6.45, 7) is 0.316. The molecule has 1 aliphatic carbocycles. The Balaban J connectivity index is 1.45. The van der Waals surface area contributed by atoms with E-state index in [9.17, 15) is 9.90 Å². The molecule has 0 aliphatic heterocycles. The summed E-state index contributed by atoms with van der Waals surface area (Å²) in [5.74, 6) is 0.775. The summed E-state index contributed by atoms with van der Waals surface area (Å²) in [7, 11) is 0. The maximum absolute atomic E-state index is 12.0. The quantitative estimate of drug-likeness (QED) is 0.780. The van der Waals surface area contributed by atoms with Crippen molar-refractivity contribution in [3.05, 3.63) is 30.4 Å². The number of rotatable bonds is 6. The highest BCUT2D eigenvalue weighted by atomic mass is 16.5. The topological polar surface area (TPSA) is 101 Å². The third-order valence-corrected chi connectivity index (χ3v) is 4.60. The zero-order valence-electron chi connectivity index (χ0n) is 14.3. The first-order valence-electron chi connectivity index (χ1n) is 8.87. The lowest BCUT2D eigenvalue weighted by Gasteiger charge is -2.26. The number of pyridine rings is 1. The molecule has 1 amide bonds. The summed E-state index contributed by atoms with van der Waals surface area (Å²) in [5, 5.41) is 17.3. The molecule has 0 radical (unpaired) electrons. The van der Waals surface area contributed by atoms with Crippen LogP contribution in [0.1, 0.15) is 50.8 Å². The monoisotopic (exact) mass is 344 g/mol. The molecule has 0 saturated heterocycles. The molecule has 7 heteroatoms. The molecule has 1 fully saturated rings. The molecule has 2 heterocycles. The Morgan fingerprint density at radius 1 is 1.28 bits per heavy atom. The third kappa shape index (κ3) is 5.09. The van der Waals surface area contributed by atoms with Crippen LogP contribution in [0, 0.1) is 0 Å². The van der Waals surface area contributed by atoms with Crippen LogP contribution >= 0.6 is 0 Å². The van der Waals surface area contributed by atoms with Crippen LogP contribution in [0.25, 0.3) is 11.4 Å². The van der Waals surface area contributed by atoms with Crippen LogP contribution in [0.15, 0.2) is 29.0 Å². The van der Waals surface area contributed by atoms with Gasteiger partial charge in [0.15, 0.2) is 0 Å². The van der Waals surface area contributed by atoms with E-state index in [2.05, 4.69) is 20.4 Å². The van der Waals surface area contributed by atoms with Crippen LogP contribution in [0.3, 0.4) is 0 Å². The Bertz CT molecular complexity index is 679. The van der Waals surface area contributed by atoms with Crippen LogP contribution in [-0.2, 0) is 11.2 Å². The lowest BCUT2D eigenvalue weighted by atomic mass is 9.94. The van der Waals surface area contributed by atoms with Gasteiger partial charge in [-0.25, -0.2) is 0 Å². The normalized spacial score (nSPS) is 17.0. The maximum Gasteiger partial charge on any atom is 0.227 e. The molecule has 0 aromatic carbocycles. The number of nitrogens with zero attached hydrogens (tertiary/aromatic N) is 3. The number of aromatic nitrogens is 3.